The van der Waals surface area contributed by atoms with Crippen molar-refractivity contribution in [1.29, 1.82) is 0 Å². The van der Waals surface area contributed by atoms with E-state index < -0.39 is 5.60 Å². The second-order valence-electron chi connectivity index (χ2n) is 3.93. The lowest BCUT2D eigenvalue weighted by molar-refractivity contribution is 0.0152. The molecule has 1 unspecified atom stereocenters. The Bertz CT molecular complexity index is 289. The molecule has 0 heterocycles. The standard InChI is InChI=1S/C12H20N2O/c1-3-14(2)10-12(15,9-13)11-7-5-4-6-8-11/h4-8,15H,3,9-10,13H2,1-2H3. The second-order valence-corrected chi connectivity index (χ2v) is 3.93. The molecule has 0 bridgehead atoms. The molecule has 1 atom stereocenters. The van der Waals surface area contributed by atoms with Crippen molar-refractivity contribution in [3.63, 3.8) is 0 Å². The second kappa shape index (κ2) is 5.26. The van der Waals surface area contributed by atoms with Crippen LogP contribution in [0.2, 0.25) is 0 Å². The fourth-order valence-electron chi connectivity index (χ4n) is 1.58. The summed E-state index contributed by atoms with van der Waals surface area (Å²) >= 11 is 0. The van der Waals surface area contributed by atoms with Gasteiger partial charge in [-0.25, -0.2) is 0 Å². The van der Waals surface area contributed by atoms with Crippen LogP contribution in [0.3, 0.4) is 0 Å². The summed E-state index contributed by atoms with van der Waals surface area (Å²) in [6, 6.07) is 9.60. The van der Waals surface area contributed by atoms with E-state index in [1.807, 2.05) is 37.4 Å². The van der Waals surface area contributed by atoms with Crippen molar-refractivity contribution in [2.45, 2.75) is 12.5 Å². The molecule has 3 heteroatoms. The van der Waals surface area contributed by atoms with Gasteiger partial charge < -0.3 is 15.7 Å². The first-order chi connectivity index (χ1) is 7.12. The molecule has 84 valence electrons. The van der Waals surface area contributed by atoms with Crippen LogP contribution in [0.4, 0.5) is 0 Å². The Kier molecular flexibility index (Phi) is 4.27. The largest absolute Gasteiger partial charge is 0.382 e. The highest BCUT2D eigenvalue weighted by molar-refractivity contribution is 5.23. The molecule has 0 fully saturated rings. The molecule has 0 aliphatic carbocycles. The summed E-state index contributed by atoms with van der Waals surface area (Å²) in [6.45, 7) is 3.75. The van der Waals surface area contributed by atoms with Gasteiger partial charge >= 0.3 is 0 Å². The molecule has 0 spiro atoms. The Hall–Kier alpha value is -0.900. The van der Waals surface area contributed by atoms with Gasteiger partial charge in [0.05, 0.1) is 0 Å². The molecule has 0 aromatic heterocycles. The molecule has 3 N–H and O–H groups in total. The van der Waals surface area contributed by atoms with Crippen LogP contribution in [-0.4, -0.2) is 36.7 Å². The fraction of sp³-hybridized carbons (Fsp3) is 0.500. The van der Waals surface area contributed by atoms with E-state index in [2.05, 4.69) is 11.8 Å². The number of hydrogen-bond acceptors (Lipinski definition) is 3. The molecule has 0 radical (unpaired) electrons. The lowest BCUT2D eigenvalue weighted by atomic mass is 9.93. The van der Waals surface area contributed by atoms with Crippen molar-refractivity contribution in [2.75, 3.05) is 26.7 Å². The van der Waals surface area contributed by atoms with E-state index in [1.54, 1.807) is 0 Å². The van der Waals surface area contributed by atoms with Crippen molar-refractivity contribution in [3.8, 4) is 0 Å². The van der Waals surface area contributed by atoms with Crippen LogP contribution in [0.5, 0.6) is 0 Å². The quantitative estimate of drug-likeness (QED) is 0.752. The highest BCUT2D eigenvalue weighted by atomic mass is 16.3. The number of rotatable bonds is 5. The van der Waals surface area contributed by atoms with Crippen molar-refractivity contribution < 1.29 is 5.11 Å². The van der Waals surface area contributed by atoms with Crippen molar-refractivity contribution in [1.82, 2.24) is 4.90 Å². The summed E-state index contributed by atoms with van der Waals surface area (Å²) in [6.07, 6.45) is 0. The summed E-state index contributed by atoms with van der Waals surface area (Å²) in [4.78, 5) is 2.06. The Morgan fingerprint density at radius 2 is 1.93 bits per heavy atom. The molecule has 1 aromatic rings. The maximum absolute atomic E-state index is 10.4. The van der Waals surface area contributed by atoms with Gasteiger partial charge in [0.2, 0.25) is 0 Å². The summed E-state index contributed by atoms with van der Waals surface area (Å²) in [7, 11) is 1.98. The van der Waals surface area contributed by atoms with E-state index >= 15 is 0 Å². The minimum Gasteiger partial charge on any atom is -0.382 e. The third-order valence-corrected chi connectivity index (χ3v) is 2.72. The zero-order valence-corrected chi connectivity index (χ0v) is 9.48. The van der Waals surface area contributed by atoms with E-state index in [0.29, 0.717) is 6.54 Å². The van der Waals surface area contributed by atoms with Crippen LogP contribution >= 0.6 is 0 Å². The van der Waals surface area contributed by atoms with Gasteiger partial charge in [0, 0.05) is 13.1 Å². The van der Waals surface area contributed by atoms with Crippen LogP contribution in [-0.2, 0) is 5.60 Å². The van der Waals surface area contributed by atoms with Gasteiger partial charge in [-0.3, -0.25) is 0 Å². The molecular weight excluding hydrogens is 188 g/mol. The topological polar surface area (TPSA) is 49.5 Å². The minimum atomic E-state index is -0.938. The zero-order chi connectivity index (χ0) is 11.3. The Morgan fingerprint density at radius 1 is 1.33 bits per heavy atom. The van der Waals surface area contributed by atoms with Gasteiger partial charge in [-0.2, -0.15) is 0 Å². The molecular formula is C12H20N2O. The molecule has 15 heavy (non-hydrogen) atoms. The zero-order valence-electron chi connectivity index (χ0n) is 9.48. The van der Waals surface area contributed by atoms with Crippen LogP contribution in [0.15, 0.2) is 30.3 Å². The number of hydrogen-bond donors (Lipinski definition) is 2. The predicted octanol–water partition coefficient (Wildman–Crippen LogP) is 0.785. The third-order valence-electron chi connectivity index (χ3n) is 2.72. The van der Waals surface area contributed by atoms with Gasteiger partial charge in [-0.1, -0.05) is 37.3 Å². The molecule has 0 saturated carbocycles. The van der Waals surface area contributed by atoms with E-state index in [-0.39, 0.29) is 6.54 Å². The number of nitrogens with two attached hydrogens (primary N) is 1. The maximum Gasteiger partial charge on any atom is 0.114 e. The number of likely N-dealkylation sites (N-methyl/N-ethyl adjacent to an activating group) is 1. The van der Waals surface area contributed by atoms with Gasteiger partial charge in [0.1, 0.15) is 5.60 Å². The fourth-order valence-corrected chi connectivity index (χ4v) is 1.58. The number of aliphatic hydroxyl groups is 1. The smallest absolute Gasteiger partial charge is 0.114 e. The molecule has 0 amide bonds. The van der Waals surface area contributed by atoms with Crippen LogP contribution < -0.4 is 5.73 Å². The van der Waals surface area contributed by atoms with Crippen LogP contribution in [0.25, 0.3) is 0 Å². The highest BCUT2D eigenvalue weighted by Crippen LogP contribution is 2.20. The number of benzene rings is 1. The average molecular weight is 208 g/mol. The lowest BCUT2D eigenvalue weighted by Gasteiger charge is -2.31. The molecule has 1 rings (SSSR count). The average Bonchev–Trinajstić information content (AvgIpc) is 2.30. The van der Waals surface area contributed by atoms with E-state index in [4.69, 9.17) is 5.73 Å². The van der Waals surface area contributed by atoms with Crippen LogP contribution in [0, 0.1) is 0 Å². The van der Waals surface area contributed by atoms with Gasteiger partial charge in [-0.05, 0) is 19.2 Å². The van der Waals surface area contributed by atoms with Crippen molar-refractivity contribution in [3.05, 3.63) is 35.9 Å². The van der Waals surface area contributed by atoms with E-state index in [1.165, 1.54) is 0 Å². The summed E-state index contributed by atoms with van der Waals surface area (Å²) in [5, 5.41) is 10.4. The molecule has 0 aliphatic rings. The summed E-state index contributed by atoms with van der Waals surface area (Å²) in [5.41, 5.74) is 5.61. The Morgan fingerprint density at radius 3 is 2.40 bits per heavy atom. The van der Waals surface area contributed by atoms with E-state index in [9.17, 15) is 5.11 Å². The van der Waals surface area contributed by atoms with Gasteiger partial charge in [0.25, 0.3) is 0 Å². The van der Waals surface area contributed by atoms with E-state index in [0.717, 1.165) is 12.1 Å². The first kappa shape index (κ1) is 12.2. The Labute approximate surface area is 91.5 Å². The molecule has 0 aliphatic heterocycles. The number of nitrogens with zero attached hydrogens (tertiary/aromatic N) is 1. The molecule has 3 nitrogen and oxygen atoms in total. The Balaban J connectivity index is 2.85. The SMILES string of the molecule is CCN(C)CC(O)(CN)c1ccccc1. The lowest BCUT2D eigenvalue weighted by Crippen LogP contribution is -2.44. The predicted molar refractivity (Wildman–Crippen MR) is 62.6 cm³/mol. The molecule has 1 aromatic carbocycles. The third kappa shape index (κ3) is 3.02. The monoisotopic (exact) mass is 208 g/mol. The van der Waals surface area contributed by atoms with Gasteiger partial charge in [-0.15, -0.1) is 0 Å². The molecule has 0 saturated heterocycles. The van der Waals surface area contributed by atoms with Crippen molar-refractivity contribution >= 4 is 0 Å². The first-order valence-corrected chi connectivity index (χ1v) is 5.29. The summed E-state index contributed by atoms with van der Waals surface area (Å²) < 4.78 is 0. The first-order valence-electron chi connectivity index (χ1n) is 5.29. The maximum atomic E-state index is 10.4. The minimum absolute atomic E-state index is 0.237. The normalized spacial score (nSPS) is 15.3. The van der Waals surface area contributed by atoms with Crippen LogP contribution in [0.1, 0.15) is 12.5 Å². The van der Waals surface area contributed by atoms with Crippen molar-refractivity contribution in [2.24, 2.45) is 5.73 Å². The van der Waals surface area contributed by atoms with Gasteiger partial charge in [0.15, 0.2) is 0 Å². The summed E-state index contributed by atoms with van der Waals surface area (Å²) in [5.74, 6) is 0. The highest BCUT2D eigenvalue weighted by Gasteiger charge is 2.28.